The lowest BCUT2D eigenvalue weighted by Gasteiger charge is -2.30. The van der Waals surface area contributed by atoms with Gasteiger partial charge in [-0.2, -0.15) is 4.98 Å². The van der Waals surface area contributed by atoms with Crippen LogP contribution in [0, 0.1) is 0 Å². The smallest absolute Gasteiger partial charge is 0.418 e. The third-order valence-electron chi connectivity index (χ3n) is 3.44. The van der Waals surface area contributed by atoms with E-state index < -0.39 is 0 Å². The summed E-state index contributed by atoms with van der Waals surface area (Å²) in [4.78, 5) is 17.9. The van der Waals surface area contributed by atoms with Crippen LogP contribution in [-0.4, -0.2) is 53.4 Å². The highest BCUT2D eigenvalue weighted by atomic mass is 35.5. The topological polar surface area (TPSA) is 77.7 Å². The molecule has 1 atom stereocenters. The molecule has 23 heavy (non-hydrogen) atoms. The van der Waals surface area contributed by atoms with Gasteiger partial charge in [0.05, 0.1) is 17.7 Å². The highest BCUT2D eigenvalue weighted by Gasteiger charge is 2.22. The maximum absolute atomic E-state index is 12.1. The van der Waals surface area contributed by atoms with Crippen LogP contribution in [0.15, 0.2) is 28.8 Å². The average Bonchev–Trinajstić information content (AvgIpc) is 3.02. The molecule has 2 heterocycles. The van der Waals surface area contributed by atoms with Gasteiger partial charge in [-0.25, -0.2) is 0 Å². The van der Waals surface area contributed by atoms with Crippen LogP contribution in [0.5, 0.6) is 6.08 Å². The molecule has 1 amide bonds. The lowest BCUT2D eigenvalue weighted by molar-refractivity contribution is -0.140. The number of halogens is 1. The van der Waals surface area contributed by atoms with Crippen LogP contribution >= 0.6 is 11.6 Å². The van der Waals surface area contributed by atoms with Crippen molar-refractivity contribution in [3.63, 3.8) is 0 Å². The molecule has 1 aromatic carbocycles. The Kier molecular flexibility index (Phi) is 4.78. The predicted octanol–water partition coefficient (Wildman–Crippen LogP) is 2.02. The number of benzene rings is 1. The Labute approximate surface area is 138 Å². The number of amides is 1. The van der Waals surface area contributed by atoms with E-state index in [0.717, 1.165) is 0 Å². The van der Waals surface area contributed by atoms with E-state index in [4.69, 9.17) is 25.6 Å². The number of carbonyl (C=O) groups is 1. The molecule has 7 nitrogen and oxygen atoms in total. The minimum Gasteiger partial charge on any atom is -0.439 e. The van der Waals surface area contributed by atoms with Gasteiger partial charge in [0, 0.05) is 18.7 Å². The van der Waals surface area contributed by atoms with Crippen molar-refractivity contribution in [1.29, 1.82) is 0 Å². The molecular weight excluding hydrogens is 322 g/mol. The van der Waals surface area contributed by atoms with Crippen LogP contribution in [0.3, 0.4) is 0 Å². The van der Waals surface area contributed by atoms with Crippen LogP contribution in [0.4, 0.5) is 0 Å². The standard InChI is InChI=1S/C15H16ClN3O4/c1-10-8-19(6-7-21-10)13(20)9-22-15-17-14(18-23-15)11-4-2-3-5-12(11)16/h2-5,10H,6-9H2,1H3. The normalized spacial score (nSPS) is 18.0. The first-order chi connectivity index (χ1) is 11.1. The van der Waals surface area contributed by atoms with Crippen molar-refractivity contribution >= 4 is 17.5 Å². The van der Waals surface area contributed by atoms with Crippen LogP contribution in [0.2, 0.25) is 5.02 Å². The van der Waals surface area contributed by atoms with Gasteiger partial charge in [-0.1, -0.05) is 28.9 Å². The van der Waals surface area contributed by atoms with E-state index in [0.29, 0.717) is 36.1 Å². The number of nitrogens with zero attached hydrogens (tertiary/aromatic N) is 3. The monoisotopic (exact) mass is 337 g/mol. The third kappa shape index (κ3) is 3.80. The van der Waals surface area contributed by atoms with Gasteiger partial charge in [0.2, 0.25) is 5.82 Å². The molecular formula is C15H16ClN3O4. The molecule has 1 fully saturated rings. The van der Waals surface area contributed by atoms with E-state index in [1.54, 1.807) is 17.0 Å². The van der Waals surface area contributed by atoms with E-state index in [2.05, 4.69) is 10.1 Å². The van der Waals surface area contributed by atoms with Crippen molar-refractivity contribution in [2.75, 3.05) is 26.3 Å². The van der Waals surface area contributed by atoms with Crippen molar-refractivity contribution in [3.05, 3.63) is 29.3 Å². The maximum Gasteiger partial charge on any atom is 0.418 e. The Balaban J connectivity index is 1.59. The molecule has 0 radical (unpaired) electrons. The highest BCUT2D eigenvalue weighted by molar-refractivity contribution is 6.33. The Morgan fingerprint density at radius 3 is 3.09 bits per heavy atom. The van der Waals surface area contributed by atoms with E-state index in [1.165, 1.54) is 0 Å². The summed E-state index contributed by atoms with van der Waals surface area (Å²) in [6.07, 6.45) is -0.0301. The van der Waals surface area contributed by atoms with Crippen molar-refractivity contribution < 1.29 is 18.8 Å². The minimum absolute atomic E-state index is 0.0305. The minimum atomic E-state index is -0.156. The number of hydrogen-bond donors (Lipinski definition) is 0. The fraction of sp³-hybridized carbons (Fsp3) is 0.400. The molecule has 2 aromatic rings. The van der Waals surface area contributed by atoms with Gasteiger partial charge in [0.15, 0.2) is 6.61 Å². The average molecular weight is 338 g/mol. The third-order valence-corrected chi connectivity index (χ3v) is 3.76. The zero-order valence-electron chi connectivity index (χ0n) is 12.6. The summed E-state index contributed by atoms with van der Waals surface area (Å²) < 4.78 is 15.7. The number of morpholine rings is 1. The molecule has 1 aliphatic rings. The highest BCUT2D eigenvalue weighted by Crippen LogP contribution is 2.26. The van der Waals surface area contributed by atoms with Gasteiger partial charge in [0.1, 0.15) is 0 Å². The lowest BCUT2D eigenvalue weighted by atomic mass is 10.2. The number of carbonyl (C=O) groups excluding carboxylic acids is 1. The number of aromatic nitrogens is 2. The van der Waals surface area contributed by atoms with Gasteiger partial charge < -0.3 is 14.4 Å². The molecule has 1 saturated heterocycles. The molecule has 0 N–H and O–H groups in total. The largest absolute Gasteiger partial charge is 0.439 e. The van der Waals surface area contributed by atoms with Gasteiger partial charge in [0.25, 0.3) is 5.91 Å². The molecule has 0 spiro atoms. The van der Waals surface area contributed by atoms with E-state index in [1.807, 2.05) is 19.1 Å². The fourth-order valence-corrected chi connectivity index (χ4v) is 2.50. The first kappa shape index (κ1) is 15.8. The molecule has 3 rings (SSSR count). The molecule has 0 bridgehead atoms. The summed E-state index contributed by atoms with van der Waals surface area (Å²) in [7, 11) is 0. The Bertz CT molecular complexity index is 691. The molecule has 0 aliphatic carbocycles. The van der Waals surface area contributed by atoms with Crippen molar-refractivity contribution in [2.24, 2.45) is 0 Å². The van der Waals surface area contributed by atoms with Crippen molar-refractivity contribution in [2.45, 2.75) is 13.0 Å². The Morgan fingerprint density at radius 1 is 1.48 bits per heavy atom. The fourth-order valence-electron chi connectivity index (χ4n) is 2.28. The summed E-state index contributed by atoms with van der Waals surface area (Å²) in [5.41, 5.74) is 0.640. The summed E-state index contributed by atoms with van der Waals surface area (Å²) in [5, 5.41) is 4.32. The summed E-state index contributed by atoms with van der Waals surface area (Å²) in [6, 6.07) is 7.14. The second-order valence-electron chi connectivity index (χ2n) is 5.17. The van der Waals surface area contributed by atoms with Crippen LogP contribution in [0.1, 0.15) is 6.92 Å². The number of ether oxygens (including phenoxy) is 2. The van der Waals surface area contributed by atoms with Gasteiger partial charge >= 0.3 is 6.08 Å². The lowest BCUT2D eigenvalue weighted by Crippen LogP contribution is -2.46. The van der Waals surface area contributed by atoms with E-state index in [-0.39, 0.29) is 24.7 Å². The van der Waals surface area contributed by atoms with Crippen LogP contribution in [0.25, 0.3) is 11.4 Å². The maximum atomic E-state index is 12.1. The van der Waals surface area contributed by atoms with E-state index in [9.17, 15) is 4.79 Å². The predicted molar refractivity (Wildman–Crippen MR) is 82.2 cm³/mol. The second kappa shape index (κ2) is 6.97. The molecule has 1 aliphatic heterocycles. The first-order valence-electron chi connectivity index (χ1n) is 7.24. The van der Waals surface area contributed by atoms with Gasteiger partial charge in [-0.3, -0.25) is 9.32 Å². The Hall–Kier alpha value is -2.12. The summed E-state index contributed by atoms with van der Waals surface area (Å²) >= 11 is 6.08. The molecule has 8 heteroatoms. The molecule has 1 unspecified atom stereocenters. The molecule has 0 saturated carbocycles. The van der Waals surface area contributed by atoms with Crippen LogP contribution < -0.4 is 4.74 Å². The van der Waals surface area contributed by atoms with Crippen LogP contribution in [-0.2, 0) is 9.53 Å². The van der Waals surface area contributed by atoms with E-state index >= 15 is 0 Å². The first-order valence-corrected chi connectivity index (χ1v) is 7.62. The number of rotatable bonds is 4. The van der Waals surface area contributed by atoms with Gasteiger partial charge in [-0.05, 0) is 19.1 Å². The quantitative estimate of drug-likeness (QED) is 0.849. The zero-order chi connectivity index (χ0) is 16.2. The Morgan fingerprint density at radius 2 is 2.30 bits per heavy atom. The number of hydrogen-bond acceptors (Lipinski definition) is 6. The summed E-state index contributed by atoms with van der Waals surface area (Å²) in [6.45, 7) is 3.41. The van der Waals surface area contributed by atoms with Crippen molar-refractivity contribution in [3.8, 4) is 17.5 Å². The molecule has 122 valence electrons. The zero-order valence-corrected chi connectivity index (χ0v) is 13.3. The SMILES string of the molecule is CC1CN(C(=O)COc2nc(-c3ccccc3Cl)no2)CCO1. The van der Waals surface area contributed by atoms with Gasteiger partial charge in [-0.15, -0.1) is 0 Å². The van der Waals surface area contributed by atoms with Crippen molar-refractivity contribution in [1.82, 2.24) is 15.0 Å². The molecule has 1 aromatic heterocycles. The summed E-state index contributed by atoms with van der Waals surface area (Å²) in [5.74, 6) is 0.177. The second-order valence-corrected chi connectivity index (χ2v) is 5.58.